The first-order valence-corrected chi connectivity index (χ1v) is 6.21. The molecule has 1 rings (SSSR count). The molecule has 0 radical (unpaired) electrons. The smallest absolute Gasteiger partial charge is 0.319 e. The van der Waals surface area contributed by atoms with E-state index >= 15 is 0 Å². The van der Waals surface area contributed by atoms with E-state index in [-0.39, 0.29) is 11.9 Å². The monoisotopic (exact) mass is 261 g/mol. The zero-order chi connectivity index (χ0) is 14.1. The van der Waals surface area contributed by atoms with Crippen LogP contribution in [0.5, 0.6) is 0 Å². The van der Waals surface area contributed by atoms with E-state index in [2.05, 4.69) is 22.5 Å². The van der Waals surface area contributed by atoms with E-state index < -0.39 is 0 Å². The molecule has 0 bridgehead atoms. The van der Waals surface area contributed by atoms with Gasteiger partial charge in [-0.25, -0.2) is 4.79 Å². The number of anilines is 1. The Labute approximate surface area is 113 Å². The summed E-state index contributed by atoms with van der Waals surface area (Å²) in [6.07, 6.45) is 2.50. The zero-order valence-corrected chi connectivity index (χ0v) is 11.0. The maximum atomic E-state index is 11.7. The molecule has 0 aliphatic heterocycles. The summed E-state index contributed by atoms with van der Waals surface area (Å²) in [6.45, 7) is 6.57. The number of carbonyl (C=O) groups is 2. The fourth-order valence-corrected chi connectivity index (χ4v) is 1.39. The van der Waals surface area contributed by atoms with Gasteiger partial charge in [0.15, 0.2) is 0 Å². The highest BCUT2D eigenvalue weighted by atomic mass is 16.2. The Bertz CT molecular complexity index is 441. The second kappa shape index (κ2) is 7.92. The number of amides is 3. The molecule has 0 saturated carbocycles. The Morgan fingerprint density at radius 3 is 2.47 bits per heavy atom. The third-order valence-corrected chi connectivity index (χ3v) is 2.35. The lowest BCUT2D eigenvalue weighted by Gasteiger charge is -2.07. The van der Waals surface area contributed by atoms with Crippen LogP contribution < -0.4 is 16.0 Å². The highest BCUT2D eigenvalue weighted by Crippen LogP contribution is 2.09. The first kappa shape index (κ1) is 14.8. The maximum Gasteiger partial charge on any atom is 0.319 e. The molecule has 0 aliphatic rings. The van der Waals surface area contributed by atoms with Crippen molar-refractivity contribution in [3.63, 3.8) is 0 Å². The van der Waals surface area contributed by atoms with Crippen LogP contribution in [0.3, 0.4) is 0 Å². The molecule has 0 spiro atoms. The third kappa shape index (κ3) is 5.25. The van der Waals surface area contributed by atoms with E-state index in [9.17, 15) is 9.59 Å². The van der Waals surface area contributed by atoms with Gasteiger partial charge in [0, 0.05) is 24.3 Å². The first-order valence-electron chi connectivity index (χ1n) is 6.21. The molecule has 0 aromatic heterocycles. The van der Waals surface area contributed by atoms with Gasteiger partial charge in [-0.1, -0.05) is 13.0 Å². The number of urea groups is 1. The van der Waals surface area contributed by atoms with Gasteiger partial charge in [0.1, 0.15) is 0 Å². The third-order valence-electron chi connectivity index (χ3n) is 2.35. The van der Waals surface area contributed by atoms with Gasteiger partial charge in [-0.05, 0) is 30.7 Å². The van der Waals surface area contributed by atoms with Crippen molar-refractivity contribution in [2.75, 3.05) is 18.4 Å². The van der Waals surface area contributed by atoms with E-state index in [0.29, 0.717) is 24.3 Å². The molecule has 5 nitrogen and oxygen atoms in total. The van der Waals surface area contributed by atoms with Crippen molar-refractivity contribution in [1.82, 2.24) is 10.6 Å². The van der Waals surface area contributed by atoms with Crippen LogP contribution in [0.25, 0.3) is 0 Å². The van der Waals surface area contributed by atoms with Crippen molar-refractivity contribution in [3.05, 3.63) is 42.5 Å². The van der Waals surface area contributed by atoms with E-state index in [1.165, 1.54) is 0 Å². The van der Waals surface area contributed by atoms with Gasteiger partial charge in [0.2, 0.25) is 0 Å². The SMILES string of the molecule is C=CCNC(=O)Nc1ccc(C(=O)NCCC)cc1. The molecule has 0 unspecified atom stereocenters. The van der Waals surface area contributed by atoms with Gasteiger partial charge >= 0.3 is 6.03 Å². The van der Waals surface area contributed by atoms with Crippen LogP contribution in [0.4, 0.5) is 10.5 Å². The molecular weight excluding hydrogens is 242 g/mol. The van der Waals surface area contributed by atoms with Gasteiger partial charge in [-0.3, -0.25) is 4.79 Å². The van der Waals surface area contributed by atoms with Crippen LogP contribution in [0, 0.1) is 0 Å². The molecule has 1 aromatic rings. The molecule has 19 heavy (non-hydrogen) atoms. The van der Waals surface area contributed by atoms with E-state index in [1.54, 1.807) is 30.3 Å². The second-order valence-electron chi connectivity index (χ2n) is 3.96. The van der Waals surface area contributed by atoms with E-state index in [0.717, 1.165) is 6.42 Å². The molecule has 102 valence electrons. The number of nitrogens with one attached hydrogen (secondary N) is 3. The lowest BCUT2D eigenvalue weighted by atomic mass is 10.2. The highest BCUT2D eigenvalue weighted by molar-refractivity contribution is 5.95. The minimum Gasteiger partial charge on any atom is -0.352 e. The predicted molar refractivity (Wildman–Crippen MR) is 76.3 cm³/mol. The van der Waals surface area contributed by atoms with Crippen LogP contribution in [0.1, 0.15) is 23.7 Å². The number of hydrogen-bond donors (Lipinski definition) is 3. The predicted octanol–water partition coefficient (Wildman–Crippen LogP) is 2.13. The standard InChI is InChI=1S/C14H19N3O2/c1-3-9-15-13(18)11-5-7-12(8-6-11)17-14(19)16-10-4-2/h4-8H,2-3,9-10H2,1H3,(H,15,18)(H2,16,17,19). The summed E-state index contributed by atoms with van der Waals surface area (Å²) >= 11 is 0. The summed E-state index contributed by atoms with van der Waals surface area (Å²) in [5.74, 6) is -0.107. The molecule has 5 heteroatoms. The number of carbonyl (C=O) groups excluding carboxylic acids is 2. The molecule has 0 atom stereocenters. The topological polar surface area (TPSA) is 70.2 Å². The zero-order valence-electron chi connectivity index (χ0n) is 11.0. The van der Waals surface area contributed by atoms with Crippen molar-refractivity contribution in [2.45, 2.75) is 13.3 Å². The van der Waals surface area contributed by atoms with Gasteiger partial charge in [0.05, 0.1) is 0 Å². The molecule has 3 amide bonds. The largest absolute Gasteiger partial charge is 0.352 e. The lowest BCUT2D eigenvalue weighted by Crippen LogP contribution is -2.28. The lowest BCUT2D eigenvalue weighted by molar-refractivity contribution is 0.0953. The molecule has 0 aliphatic carbocycles. The minimum absolute atomic E-state index is 0.107. The molecular formula is C14H19N3O2. The normalized spacial score (nSPS) is 9.53. The summed E-state index contributed by atoms with van der Waals surface area (Å²) in [5.41, 5.74) is 1.21. The van der Waals surface area contributed by atoms with E-state index in [4.69, 9.17) is 0 Å². The molecule has 0 fully saturated rings. The van der Waals surface area contributed by atoms with Gasteiger partial charge in [0.25, 0.3) is 5.91 Å². The summed E-state index contributed by atoms with van der Waals surface area (Å²) in [7, 11) is 0. The van der Waals surface area contributed by atoms with Crippen LogP contribution in [-0.4, -0.2) is 25.0 Å². The Kier molecular flexibility index (Phi) is 6.15. The fraction of sp³-hybridized carbons (Fsp3) is 0.286. The minimum atomic E-state index is -0.303. The Balaban J connectivity index is 2.53. The average molecular weight is 261 g/mol. The van der Waals surface area contributed by atoms with Gasteiger partial charge < -0.3 is 16.0 Å². The van der Waals surface area contributed by atoms with Crippen molar-refractivity contribution in [2.24, 2.45) is 0 Å². The summed E-state index contributed by atoms with van der Waals surface area (Å²) in [6, 6.07) is 6.42. The van der Waals surface area contributed by atoms with Crippen molar-refractivity contribution in [1.29, 1.82) is 0 Å². The van der Waals surface area contributed by atoms with Crippen LogP contribution in [0.15, 0.2) is 36.9 Å². The van der Waals surface area contributed by atoms with Gasteiger partial charge in [-0.15, -0.1) is 6.58 Å². The molecule has 1 aromatic carbocycles. The number of hydrogen-bond acceptors (Lipinski definition) is 2. The summed E-state index contributed by atoms with van der Waals surface area (Å²) in [5, 5.41) is 8.04. The Morgan fingerprint density at radius 1 is 1.21 bits per heavy atom. The van der Waals surface area contributed by atoms with Crippen LogP contribution in [0.2, 0.25) is 0 Å². The van der Waals surface area contributed by atoms with Crippen molar-refractivity contribution in [3.8, 4) is 0 Å². The maximum absolute atomic E-state index is 11.7. The van der Waals surface area contributed by atoms with E-state index in [1.807, 2.05) is 6.92 Å². The van der Waals surface area contributed by atoms with Crippen LogP contribution >= 0.6 is 0 Å². The quantitative estimate of drug-likeness (QED) is 0.687. The van der Waals surface area contributed by atoms with Gasteiger partial charge in [-0.2, -0.15) is 0 Å². The highest BCUT2D eigenvalue weighted by Gasteiger charge is 2.05. The Morgan fingerprint density at radius 2 is 1.89 bits per heavy atom. The number of benzene rings is 1. The molecule has 3 N–H and O–H groups in total. The average Bonchev–Trinajstić information content (AvgIpc) is 2.43. The second-order valence-corrected chi connectivity index (χ2v) is 3.96. The summed E-state index contributed by atoms with van der Waals surface area (Å²) < 4.78 is 0. The number of rotatable bonds is 6. The van der Waals surface area contributed by atoms with Crippen molar-refractivity contribution < 1.29 is 9.59 Å². The first-order chi connectivity index (χ1) is 9.17. The van der Waals surface area contributed by atoms with Crippen molar-refractivity contribution >= 4 is 17.6 Å². The molecule has 0 heterocycles. The van der Waals surface area contributed by atoms with Crippen LogP contribution in [-0.2, 0) is 0 Å². The fourth-order valence-electron chi connectivity index (χ4n) is 1.39. The Hall–Kier alpha value is -2.30. The molecule has 0 saturated heterocycles. The summed E-state index contributed by atoms with van der Waals surface area (Å²) in [4.78, 5) is 23.0.